The SMILES string of the molecule is COc1cccc(NC(=O)N(c2cc(Cl)c(O)c(Cl)c2)N(C(=O)Nc2c(C)cccc2C)c2cc(Cl)c(O)c(Cl)c2)c1. The van der Waals surface area contributed by atoms with Crippen LogP contribution in [0, 0.1) is 13.8 Å². The lowest BCUT2D eigenvalue weighted by molar-refractivity contribution is 0.248. The molecule has 13 heteroatoms. The summed E-state index contributed by atoms with van der Waals surface area (Å²) in [6.45, 7) is 3.63. The van der Waals surface area contributed by atoms with Crippen molar-refractivity contribution < 1.29 is 24.5 Å². The Morgan fingerprint density at radius 2 is 1.12 bits per heavy atom. The molecule has 9 nitrogen and oxygen atoms in total. The van der Waals surface area contributed by atoms with E-state index in [2.05, 4.69) is 10.6 Å². The highest BCUT2D eigenvalue weighted by Gasteiger charge is 2.32. The van der Waals surface area contributed by atoms with E-state index in [1.165, 1.54) is 31.4 Å². The van der Waals surface area contributed by atoms with Gasteiger partial charge in [-0.2, -0.15) is 10.0 Å². The van der Waals surface area contributed by atoms with Crippen molar-refractivity contribution in [2.45, 2.75) is 13.8 Å². The molecule has 0 aliphatic rings. The van der Waals surface area contributed by atoms with Gasteiger partial charge in [0, 0.05) is 17.4 Å². The lowest BCUT2D eigenvalue weighted by Crippen LogP contribution is -2.54. The lowest BCUT2D eigenvalue weighted by Gasteiger charge is -2.35. The Morgan fingerprint density at radius 1 is 0.690 bits per heavy atom. The highest BCUT2D eigenvalue weighted by atomic mass is 35.5. The Balaban J connectivity index is 1.93. The molecule has 0 fully saturated rings. The molecule has 0 aliphatic heterocycles. The van der Waals surface area contributed by atoms with Crippen LogP contribution in [0.15, 0.2) is 66.7 Å². The second-order valence-corrected chi connectivity index (χ2v) is 10.6. The third-order valence-electron chi connectivity index (χ3n) is 6.11. The van der Waals surface area contributed by atoms with Gasteiger partial charge in [-0.3, -0.25) is 0 Å². The van der Waals surface area contributed by atoms with Gasteiger partial charge in [0.1, 0.15) is 5.75 Å². The van der Waals surface area contributed by atoms with Crippen LogP contribution in [-0.4, -0.2) is 29.4 Å². The summed E-state index contributed by atoms with van der Waals surface area (Å²) in [6, 6.07) is 15.3. The summed E-state index contributed by atoms with van der Waals surface area (Å²) >= 11 is 25.0. The molecule has 42 heavy (non-hydrogen) atoms. The molecule has 4 aromatic rings. The Morgan fingerprint density at radius 3 is 1.57 bits per heavy atom. The topological polar surface area (TPSA) is 114 Å². The molecule has 4 aromatic carbocycles. The minimum Gasteiger partial charge on any atom is -0.505 e. The van der Waals surface area contributed by atoms with Gasteiger partial charge in [-0.1, -0.05) is 70.7 Å². The number of amides is 4. The third-order valence-corrected chi connectivity index (χ3v) is 7.26. The zero-order valence-electron chi connectivity index (χ0n) is 22.4. The van der Waals surface area contributed by atoms with E-state index in [0.29, 0.717) is 17.1 Å². The first-order valence-corrected chi connectivity index (χ1v) is 13.7. The molecule has 0 saturated heterocycles. The van der Waals surface area contributed by atoms with Crippen LogP contribution in [0.25, 0.3) is 0 Å². The van der Waals surface area contributed by atoms with Gasteiger partial charge < -0.3 is 25.6 Å². The summed E-state index contributed by atoms with van der Waals surface area (Å²) in [4.78, 5) is 28.2. The first kappa shape index (κ1) is 30.9. The minimum absolute atomic E-state index is 0.00681. The molecular formula is C29H24Cl4N4O5. The van der Waals surface area contributed by atoms with Crippen molar-refractivity contribution in [1.29, 1.82) is 0 Å². The maximum absolute atomic E-state index is 14.1. The fourth-order valence-corrected chi connectivity index (χ4v) is 5.00. The predicted octanol–water partition coefficient (Wildman–Crippen LogP) is 9.03. The molecule has 0 bridgehead atoms. The number of rotatable bonds is 5. The number of aromatic hydroxyl groups is 2. The van der Waals surface area contributed by atoms with Gasteiger partial charge in [0.05, 0.1) is 38.6 Å². The number of carbonyl (C=O) groups excluding carboxylic acids is 2. The molecule has 0 spiro atoms. The van der Waals surface area contributed by atoms with Crippen LogP contribution >= 0.6 is 46.4 Å². The Bertz CT molecular complexity index is 1620. The van der Waals surface area contributed by atoms with Gasteiger partial charge in [0.25, 0.3) is 0 Å². The van der Waals surface area contributed by atoms with E-state index in [-0.39, 0.29) is 31.5 Å². The van der Waals surface area contributed by atoms with Crippen molar-refractivity contribution in [2.24, 2.45) is 0 Å². The number of hydrazine groups is 1. The largest absolute Gasteiger partial charge is 0.505 e. The van der Waals surface area contributed by atoms with E-state index in [0.717, 1.165) is 21.1 Å². The van der Waals surface area contributed by atoms with Crippen LogP contribution in [0.2, 0.25) is 20.1 Å². The van der Waals surface area contributed by atoms with Crippen molar-refractivity contribution in [1.82, 2.24) is 0 Å². The Hall–Kier alpha value is -4.02. The average Bonchev–Trinajstić information content (AvgIpc) is 2.94. The van der Waals surface area contributed by atoms with Crippen molar-refractivity contribution in [3.05, 3.63) is 97.9 Å². The summed E-state index contributed by atoms with van der Waals surface area (Å²) in [6.07, 6.45) is 0. The number of nitrogens with one attached hydrogen (secondary N) is 2. The van der Waals surface area contributed by atoms with Gasteiger partial charge in [0.2, 0.25) is 0 Å². The monoisotopic (exact) mass is 648 g/mol. The predicted molar refractivity (Wildman–Crippen MR) is 168 cm³/mol. The van der Waals surface area contributed by atoms with Crippen molar-refractivity contribution in [3.8, 4) is 17.2 Å². The number of phenolic OH excluding ortho intramolecular Hbond substituents is 2. The number of urea groups is 2. The number of carbonyl (C=O) groups is 2. The summed E-state index contributed by atoms with van der Waals surface area (Å²) in [7, 11) is 1.48. The van der Waals surface area contributed by atoms with Gasteiger partial charge in [-0.05, 0) is 61.4 Å². The molecule has 4 rings (SSSR count). The molecule has 0 aliphatic carbocycles. The highest BCUT2D eigenvalue weighted by molar-refractivity contribution is 6.38. The molecule has 0 unspecified atom stereocenters. The third kappa shape index (κ3) is 6.55. The molecule has 0 heterocycles. The average molecular weight is 650 g/mol. The number of ether oxygens (including phenoxy) is 1. The smallest absolute Gasteiger partial charge is 0.345 e. The van der Waals surface area contributed by atoms with Crippen molar-refractivity contribution in [3.63, 3.8) is 0 Å². The van der Waals surface area contributed by atoms with Crippen LogP contribution in [0.1, 0.15) is 11.1 Å². The number of benzene rings is 4. The Kier molecular flexibility index (Phi) is 9.48. The molecule has 0 atom stereocenters. The number of hydrogen-bond donors (Lipinski definition) is 4. The second-order valence-electron chi connectivity index (χ2n) is 9.00. The van der Waals surface area contributed by atoms with Crippen LogP contribution in [-0.2, 0) is 0 Å². The van der Waals surface area contributed by atoms with Gasteiger partial charge >= 0.3 is 12.1 Å². The number of anilines is 4. The molecule has 218 valence electrons. The van der Waals surface area contributed by atoms with E-state index in [1.807, 2.05) is 32.0 Å². The maximum Gasteiger partial charge on any atom is 0.345 e. The van der Waals surface area contributed by atoms with Gasteiger partial charge in [-0.25, -0.2) is 9.59 Å². The fraction of sp³-hybridized carbons (Fsp3) is 0.103. The standard InChI is InChI=1S/C29H24Cl4N4O5/c1-15-6-4-7-16(2)25(15)35-29(41)37(19-13-23(32)27(39)24(33)14-19)36(18-11-21(30)26(38)22(31)12-18)28(40)34-17-8-5-9-20(10-17)42-3/h4-14,38-39H,1-3H3,(H,34,40)(H,35,41). The molecule has 0 aromatic heterocycles. The molecular weight excluding hydrogens is 626 g/mol. The fourth-order valence-electron chi connectivity index (χ4n) is 4.04. The van der Waals surface area contributed by atoms with Gasteiger partial charge in [0.15, 0.2) is 11.5 Å². The first-order chi connectivity index (χ1) is 19.9. The van der Waals surface area contributed by atoms with Gasteiger partial charge in [-0.15, -0.1) is 0 Å². The zero-order chi connectivity index (χ0) is 30.7. The van der Waals surface area contributed by atoms with E-state index in [1.54, 1.807) is 24.3 Å². The molecule has 4 amide bonds. The number of aryl methyl sites for hydroxylation is 2. The first-order valence-electron chi connectivity index (χ1n) is 12.2. The summed E-state index contributed by atoms with van der Waals surface area (Å²) in [5.74, 6) is -0.366. The summed E-state index contributed by atoms with van der Waals surface area (Å²) in [5.41, 5.74) is 2.32. The van der Waals surface area contributed by atoms with Crippen molar-refractivity contribution >= 4 is 81.2 Å². The van der Waals surface area contributed by atoms with Crippen LogP contribution < -0.4 is 25.4 Å². The second kappa shape index (κ2) is 12.9. The summed E-state index contributed by atoms with van der Waals surface area (Å²) in [5, 5.41) is 27.1. The molecule has 4 N–H and O–H groups in total. The Labute approximate surface area is 261 Å². The quantitative estimate of drug-likeness (QED) is 0.161. The number of para-hydroxylation sites is 1. The number of phenols is 2. The molecule has 0 radical (unpaired) electrons. The van der Waals surface area contributed by atoms with Crippen LogP contribution in [0.3, 0.4) is 0 Å². The van der Waals surface area contributed by atoms with Crippen LogP contribution in [0.4, 0.5) is 32.3 Å². The number of hydrogen-bond acceptors (Lipinski definition) is 5. The van der Waals surface area contributed by atoms with E-state index in [4.69, 9.17) is 51.1 Å². The van der Waals surface area contributed by atoms with Crippen molar-refractivity contribution in [2.75, 3.05) is 27.8 Å². The summed E-state index contributed by atoms with van der Waals surface area (Å²) < 4.78 is 5.25. The van der Waals surface area contributed by atoms with E-state index >= 15 is 0 Å². The minimum atomic E-state index is -0.849. The number of halogens is 4. The van der Waals surface area contributed by atoms with Crippen LogP contribution in [0.5, 0.6) is 17.2 Å². The number of methoxy groups -OCH3 is 1. The highest BCUT2D eigenvalue weighted by Crippen LogP contribution is 2.40. The maximum atomic E-state index is 14.1. The van der Waals surface area contributed by atoms with E-state index < -0.39 is 23.6 Å². The number of nitrogens with zero attached hydrogens (tertiary/aromatic N) is 2. The lowest BCUT2D eigenvalue weighted by atomic mass is 10.1. The zero-order valence-corrected chi connectivity index (χ0v) is 25.4. The van der Waals surface area contributed by atoms with E-state index in [9.17, 15) is 19.8 Å². The molecule has 0 saturated carbocycles. The normalized spacial score (nSPS) is 10.6.